The lowest BCUT2D eigenvalue weighted by atomic mass is 10.2. The fourth-order valence-electron chi connectivity index (χ4n) is 2.97. The molecule has 26 heavy (non-hydrogen) atoms. The van der Waals surface area contributed by atoms with E-state index in [1.165, 1.54) is 5.56 Å². The van der Waals surface area contributed by atoms with E-state index < -0.39 is 5.60 Å². The zero-order chi connectivity index (χ0) is 19.2. The van der Waals surface area contributed by atoms with Gasteiger partial charge in [-0.25, -0.2) is 4.79 Å². The normalized spacial score (nSPS) is 18.1. The molecule has 0 bridgehead atoms. The van der Waals surface area contributed by atoms with Crippen molar-refractivity contribution < 1.29 is 9.53 Å². The molecule has 0 radical (unpaired) electrons. The van der Waals surface area contributed by atoms with Gasteiger partial charge >= 0.3 is 6.09 Å². The number of ether oxygens (including phenoxy) is 1. The average molecular weight is 364 g/mol. The highest BCUT2D eigenvalue weighted by Gasteiger charge is 2.27. The molecular weight excluding hydrogens is 332 g/mol. The molecule has 1 aromatic heterocycles. The van der Waals surface area contributed by atoms with E-state index in [0.29, 0.717) is 0 Å². The fraction of sp³-hybridized carbons (Fsp3) is 0.722. The quantitative estimate of drug-likeness (QED) is 0.470. The van der Waals surface area contributed by atoms with Gasteiger partial charge in [0.25, 0.3) is 0 Å². The highest BCUT2D eigenvalue weighted by molar-refractivity contribution is 5.80. The summed E-state index contributed by atoms with van der Waals surface area (Å²) < 4.78 is 7.15. The number of aromatic nitrogens is 2. The van der Waals surface area contributed by atoms with Crippen LogP contribution < -0.4 is 10.6 Å². The van der Waals surface area contributed by atoms with Crippen LogP contribution in [0.2, 0.25) is 0 Å². The zero-order valence-corrected chi connectivity index (χ0v) is 16.6. The van der Waals surface area contributed by atoms with Crippen LogP contribution in [0.25, 0.3) is 0 Å². The van der Waals surface area contributed by atoms with Crippen molar-refractivity contribution in [2.75, 3.05) is 26.7 Å². The van der Waals surface area contributed by atoms with Crippen LogP contribution in [-0.4, -0.2) is 65.1 Å². The van der Waals surface area contributed by atoms with E-state index in [0.717, 1.165) is 44.9 Å². The van der Waals surface area contributed by atoms with Crippen LogP contribution in [0.1, 0.15) is 39.2 Å². The lowest BCUT2D eigenvalue weighted by molar-refractivity contribution is 0.0507. The first-order chi connectivity index (χ1) is 12.3. The second-order valence-corrected chi connectivity index (χ2v) is 7.68. The van der Waals surface area contributed by atoms with Crippen LogP contribution in [0.4, 0.5) is 4.79 Å². The van der Waals surface area contributed by atoms with Crippen molar-refractivity contribution in [1.29, 1.82) is 0 Å². The number of alkyl carbamates (subject to hydrolysis) is 1. The monoisotopic (exact) mass is 364 g/mol. The number of rotatable bonds is 5. The number of nitrogens with one attached hydrogen (secondary N) is 2. The Kier molecular flexibility index (Phi) is 6.88. The smallest absolute Gasteiger partial charge is 0.407 e. The van der Waals surface area contributed by atoms with Crippen molar-refractivity contribution in [1.82, 2.24) is 25.3 Å². The molecule has 1 amide bonds. The average Bonchev–Trinajstić information content (AvgIpc) is 3.15. The van der Waals surface area contributed by atoms with Gasteiger partial charge in [0.05, 0.1) is 12.2 Å². The third kappa shape index (κ3) is 6.57. The van der Waals surface area contributed by atoms with Crippen LogP contribution in [0.3, 0.4) is 0 Å². The van der Waals surface area contributed by atoms with Crippen LogP contribution in [0, 0.1) is 0 Å². The third-order valence-corrected chi connectivity index (χ3v) is 4.10. The molecule has 0 aliphatic carbocycles. The van der Waals surface area contributed by atoms with E-state index in [9.17, 15) is 4.79 Å². The summed E-state index contributed by atoms with van der Waals surface area (Å²) in [6, 6.07) is 0.0822. The summed E-state index contributed by atoms with van der Waals surface area (Å²) in [5, 5.41) is 10.5. The molecule has 146 valence electrons. The fourth-order valence-corrected chi connectivity index (χ4v) is 2.97. The van der Waals surface area contributed by atoms with Gasteiger partial charge in [-0.3, -0.25) is 9.67 Å². The van der Waals surface area contributed by atoms with E-state index in [1.54, 1.807) is 7.05 Å². The number of likely N-dealkylation sites (tertiary alicyclic amines) is 1. The molecule has 0 aromatic carbocycles. The van der Waals surface area contributed by atoms with Gasteiger partial charge in [-0.15, -0.1) is 0 Å². The van der Waals surface area contributed by atoms with Gasteiger partial charge in [0, 0.05) is 39.9 Å². The Labute approximate surface area is 156 Å². The van der Waals surface area contributed by atoms with E-state index in [2.05, 4.69) is 25.6 Å². The molecular formula is C18H32N6O2. The zero-order valence-electron chi connectivity index (χ0n) is 16.6. The number of aliphatic imine (C=N–C) groups is 1. The summed E-state index contributed by atoms with van der Waals surface area (Å²) in [7, 11) is 3.72. The largest absolute Gasteiger partial charge is 0.444 e. The van der Waals surface area contributed by atoms with Gasteiger partial charge in [0.15, 0.2) is 5.96 Å². The maximum atomic E-state index is 11.9. The highest BCUT2D eigenvalue weighted by atomic mass is 16.6. The van der Waals surface area contributed by atoms with E-state index in [-0.39, 0.29) is 12.1 Å². The number of guanidine groups is 1. The van der Waals surface area contributed by atoms with Crippen LogP contribution in [-0.2, 0) is 18.2 Å². The first-order valence-corrected chi connectivity index (χ1v) is 9.19. The molecule has 8 heteroatoms. The van der Waals surface area contributed by atoms with Gasteiger partial charge in [-0.2, -0.15) is 5.10 Å². The summed E-state index contributed by atoms with van der Waals surface area (Å²) in [5.74, 6) is 0.879. The number of carbonyl (C=O) groups is 1. The Balaban J connectivity index is 1.70. The minimum Gasteiger partial charge on any atom is -0.444 e. The van der Waals surface area contributed by atoms with Crippen molar-refractivity contribution >= 4 is 12.1 Å². The van der Waals surface area contributed by atoms with Crippen LogP contribution >= 0.6 is 0 Å². The first-order valence-electron chi connectivity index (χ1n) is 9.19. The third-order valence-electron chi connectivity index (χ3n) is 4.10. The molecule has 2 rings (SSSR count). The van der Waals surface area contributed by atoms with Crippen molar-refractivity contribution in [3.63, 3.8) is 0 Å². The molecule has 2 heterocycles. The lowest BCUT2D eigenvalue weighted by Crippen LogP contribution is -2.44. The first kappa shape index (κ1) is 20.1. The second kappa shape index (κ2) is 8.91. The Bertz CT molecular complexity index is 619. The summed E-state index contributed by atoms with van der Waals surface area (Å²) in [5.41, 5.74) is 0.765. The molecule has 1 saturated heterocycles. The molecule has 1 fully saturated rings. The second-order valence-electron chi connectivity index (χ2n) is 7.68. The number of hydrogen-bond donors (Lipinski definition) is 2. The lowest BCUT2D eigenvalue weighted by Gasteiger charge is -2.23. The predicted octanol–water partition coefficient (Wildman–Crippen LogP) is 1.53. The standard InChI is InChI=1S/C18H32N6O2/c1-18(2,3)26-17(25)22-15-8-10-24(13-15)16(19-4)20-9-6-7-14-11-21-23(5)12-14/h11-12,15H,6-10,13H2,1-5H3,(H,19,20)(H,22,25). The Morgan fingerprint density at radius 1 is 1.46 bits per heavy atom. The number of nitrogens with zero attached hydrogens (tertiary/aromatic N) is 4. The van der Waals surface area contributed by atoms with Crippen molar-refractivity contribution in [3.8, 4) is 0 Å². The summed E-state index contributed by atoms with van der Waals surface area (Å²) >= 11 is 0. The van der Waals surface area contributed by atoms with Gasteiger partial charge in [-0.1, -0.05) is 0 Å². The Morgan fingerprint density at radius 2 is 2.23 bits per heavy atom. The van der Waals surface area contributed by atoms with Gasteiger partial charge < -0.3 is 20.3 Å². The van der Waals surface area contributed by atoms with Crippen LogP contribution in [0.15, 0.2) is 17.4 Å². The minimum absolute atomic E-state index is 0.0822. The number of carbonyl (C=O) groups excluding carboxylic acids is 1. The van der Waals surface area contributed by atoms with Gasteiger partial charge in [0.1, 0.15) is 5.60 Å². The summed E-state index contributed by atoms with van der Waals surface area (Å²) in [6.45, 7) is 8.05. The number of amides is 1. The van der Waals surface area contributed by atoms with Gasteiger partial charge in [0.2, 0.25) is 0 Å². The molecule has 2 N–H and O–H groups in total. The number of hydrogen-bond acceptors (Lipinski definition) is 4. The maximum absolute atomic E-state index is 11.9. The molecule has 1 aromatic rings. The summed E-state index contributed by atoms with van der Waals surface area (Å²) in [6.07, 6.45) is 6.47. The molecule has 0 saturated carbocycles. The number of aryl methyl sites for hydroxylation is 2. The molecule has 8 nitrogen and oxygen atoms in total. The van der Waals surface area contributed by atoms with Gasteiger partial charge in [-0.05, 0) is 45.6 Å². The molecule has 1 aliphatic rings. The maximum Gasteiger partial charge on any atom is 0.407 e. The van der Waals surface area contributed by atoms with E-state index in [4.69, 9.17) is 4.74 Å². The summed E-state index contributed by atoms with van der Waals surface area (Å²) in [4.78, 5) is 18.4. The van der Waals surface area contributed by atoms with E-state index >= 15 is 0 Å². The topological polar surface area (TPSA) is 83.8 Å². The molecule has 1 atom stereocenters. The van der Waals surface area contributed by atoms with Crippen molar-refractivity contribution in [2.45, 2.75) is 51.7 Å². The SMILES string of the molecule is CN=C(NCCCc1cnn(C)c1)N1CCC(NC(=O)OC(C)(C)C)C1. The Morgan fingerprint density at radius 3 is 2.85 bits per heavy atom. The van der Waals surface area contributed by atoms with Crippen molar-refractivity contribution in [3.05, 3.63) is 18.0 Å². The molecule has 1 unspecified atom stereocenters. The molecule has 1 aliphatic heterocycles. The predicted molar refractivity (Wildman–Crippen MR) is 102 cm³/mol. The van der Waals surface area contributed by atoms with Crippen LogP contribution in [0.5, 0.6) is 0 Å². The highest BCUT2D eigenvalue weighted by Crippen LogP contribution is 2.12. The minimum atomic E-state index is -0.478. The molecule has 0 spiro atoms. The van der Waals surface area contributed by atoms with E-state index in [1.807, 2.05) is 44.9 Å². The Hall–Kier alpha value is -2.25. The van der Waals surface area contributed by atoms with Crippen molar-refractivity contribution in [2.24, 2.45) is 12.0 Å².